The van der Waals surface area contributed by atoms with E-state index in [-0.39, 0.29) is 0 Å². The fraction of sp³-hybridized carbons (Fsp3) is 0.667. The molecule has 0 fully saturated rings. The summed E-state index contributed by atoms with van der Waals surface area (Å²) in [7, 11) is 0. The molecule has 1 atom stereocenters. The van der Waals surface area contributed by atoms with Gasteiger partial charge in [0.25, 0.3) is 0 Å². The lowest BCUT2D eigenvalue weighted by molar-refractivity contribution is 0.487. The van der Waals surface area contributed by atoms with E-state index in [1.54, 1.807) is 0 Å². The van der Waals surface area contributed by atoms with Crippen LogP contribution in [0.15, 0.2) is 15.9 Å². The zero-order valence-electron chi connectivity index (χ0n) is 9.55. The Hall–Kier alpha value is 0.140. The van der Waals surface area contributed by atoms with Gasteiger partial charge in [0.15, 0.2) is 0 Å². The Bertz CT molecular complexity index is 264. The minimum Gasteiger partial charge on any atom is -0.309 e. The molecule has 1 aromatic heterocycles. The van der Waals surface area contributed by atoms with Gasteiger partial charge in [-0.15, -0.1) is 11.3 Å². The molecule has 0 bridgehead atoms. The van der Waals surface area contributed by atoms with Crippen LogP contribution in [0.3, 0.4) is 0 Å². The highest BCUT2D eigenvalue weighted by Gasteiger charge is 2.11. The second-order valence-corrected chi connectivity index (χ2v) is 5.67. The van der Waals surface area contributed by atoms with Crippen molar-refractivity contribution in [3.63, 3.8) is 0 Å². The fourth-order valence-corrected chi connectivity index (χ4v) is 3.14. The van der Waals surface area contributed by atoms with Crippen molar-refractivity contribution in [2.24, 2.45) is 0 Å². The monoisotopic (exact) mass is 289 g/mol. The third-order valence-corrected chi connectivity index (χ3v) is 4.23. The van der Waals surface area contributed by atoms with Crippen LogP contribution in [-0.4, -0.2) is 6.54 Å². The van der Waals surface area contributed by atoms with Gasteiger partial charge in [-0.25, -0.2) is 0 Å². The molecule has 1 heterocycles. The van der Waals surface area contributed by atoms with Gasteiger partial charge in [0, 0.05) is 20.8 Å². The Morgan fingerprint density at radius 1 is 1.40 bits per heavy atom. The molecule has 0 aliphatic carbocycles. The van der Waals surface area contributed by atoms with Gasteiger partial charge in [-0.2, -0.15) is 0 Å². The minimum atomic E-state index is 0.557. The lowest BCUT2D eigenvalue weighted by Gasteiger charge is -2.16. The molecule has 0 aromatic carbocycles. The number of halogens is 1. The van der Waals surface area contributed by atoms with Crippen LogP contribution in [0.1, 0.15) is 50.4 Å². The summed E-state index contributed by atoms with van der Waals surface area (Å²) in [5.41, 5.74) is 0. The largest absolute Gasteiger partial charge is 0.309 e. The molecule has 3 heteroatoms. The van der Waals surface area contributed by atoms with E-state index in [1.165, 1.54) is 35.0 Å². The number of hydrogen-bond donors (Lipinski definition) is 1. The van der Waals surface area contributed by atoms with Crippen molar-refractivity contribution < 1.29 is 0 Å². The van der Waals surface area contributed by atoms with Gasteiger partial charge in [0.05, 0.1) is 0 Å². The first-order valence-electron chi connectivity index (χ1n) is 5.75. The SMILES string of the molecule is CCCCC(NCCC)c1cc(Br)cs1. The maximum Gasteiger partial charge on any atom is 0.0415 e. The van der Waals surface area contributed by atoms with Crippen LogP contribution in [0.5, 0.6) is 0 Å². The van der Waals surface area contributed by atoms with Crippen LogP contribution in [-0.2, 0) is 0 Å². The van der Waals surface area contributed by atoms with Crippen molar-refractivity contribution in [1.29, 1.82) is 0 Å². The molecule has 0 radical (unpaired) electrons. The molecule has 0 saturated carbocycles. The molecule has 1 unspecified atom stereocenters. The lowest BCUT2D eigenvalue weighted by atomic mass is 10.1. The average Bonchev–Trinajstić information content (AvgIpc) is 2.65. The van der Waals surface area contributed by atoms with Crippen molar-refractivity contribution in [3.05, 3.63) is 20.8 Å². The van der Waals surface area contributed by atoms with Crippen LogP contribution in [0.25, 0.3) is 0 Å². The first kappa shape index (κ1) is 13.2. The highest BCUT2D eigenvalue weighted by Crippen LogP contribution is 2.28. The molecule has 0 spiro atoms. The fourth-order valence-electron chi connectivity index (χ4n) is 1.58. The van der Waals surface area contributed by atoms with E-state index in [2.05, 4.69) is 46.5 Å². The molecule has 0 aliphatic rings. The third kappa shape index (κ3) is 4.66. The summed E-state index contributed by atoms with van der Waals surface area (Å²) in [5, 5.41) is 5.79. The smallest absolute Gasteiger partial charge is 0.0415 e. The highest BCUT2D eigenvalue weighted by molar-refractivity contribution is 9.10. The summed E-state index contributed by atoms with van der Waals surface area (Å²) in [5.74, 6) is 0. The summed E-state index contributed by atoms with van der Waals surface area (Å²) in [6.45, 7) is 5.58. The van der Waals surface area contributed by atoms with Gasteiger partial charge in [-0.05, 0) is 41.4 Å². The van der Waals surface area contributed by atoms with Gasteiger partial charge in [0.1, 0.15) is 0 Å². The zero-order chi connectivity index (χ0) is 11.1. The van der Waals surface area contributed by atoms with Gasteiger partial charge in [0.2, 0.25) is 0 Å². The molecule has 1 nitrogen and oxygen atoms in total. The van der Waals surface area contributed by atoms with Gasteiger partial charge in [-0.1, -0.05) is 26.7 Å². The summed E-state index contributed by atoms with van der Waals surface area (Å²) < 4.78 is 1.21. The molecule has 1 aromatic rings. The van der Waals surface area contributed by atoms with Crippen molar-refractivity contribution in [2.75, 3.05) is 6.54 Å². The zero-order valence-corrected chi connectivity index (χ0v) is 12.0. The van der Waals surface area contributed by atoms with Gasteiger partial charge >= 0.3 is 0 Å². The predicted molar refractivity (Wildman–Crippen MR) is 72.6 cm³/mol. The third-order valence-electron chi connectivity index (χ3n) is 2.42. The average molecular weight is 290 g/mol. The molecule has 0 aliphatic heterocycles. The first-order valence-corrected chi connectivity index (χ1v) is 7.42. The van der Waals surface area contributed by atoms with Crippen LogP contribution >= 0.6 is 27.3 Å². The van der Waals surface area contributed by atoms with E-state index in [1.807, 2.05) is 11.3 Å². The molecule has 86 valence electrons. The molecule has 1 N–H and O–H groups in total. The van der Waals surface area contributed by atoms with Crippen molar-refractivity contribution in [3.8, 4) is 0 Å². The quantitative estimate of drug-likeness (QED) is 0.764. The number of rotatable bonds is 7. The number of nitrogens with one attached hydrogen (secondary N) is 1. The van der Waals surface area contributed by atoms with Gasteiger partial charge < -0.3 is 5.32 Å². The second-order valence-electron chi connectivity index (χ2n) is 3.82. The molecule has 0 amide bonds. The van der Waals surface area contributed by atoms with E-state index in [0.717, 1.165) is 6.54 Å². The Labute approximate surface area is 105 Å². The molecule has 1 rings (SSSR count). The molecule has 0 saturated heterocycles. The van der Waals surface area contributed by atoms with Crippen molar-refractivity contribution in [1.82, 2.24) is 5.32 Å². The molecular weight excluding hydrogens is 270 g/mol. The molecule has 15 heavy (non-hydrogen) atoms. The summed E-state index contributed by atoms with van der Waals surface area (Å²) in [4.78, 5) is 1.46. The highest BCUT2D eigenvalue weighted by atomic mass is 79.9. The van der Waals surface area contributed by atoms with E-state index >= 15 is 0 Å². The maximum atomic E-state index is 3.62. The van der Waals surface area contributed by atoms with Crippen molar-refractivity contribution >= 4 is 27.3 Å². The first-order chi connectivity index (χ1) is 7.27. The molecular formula is C12H20BrNS. The van der Waals surface area contributed by atoms with E-state index in [9.17, 15) is 0 Å². The Morgan fingerprint density at radius 2 is 2.20 bits per heavy atom. The minimum absolute atomic E-state index is 0.557. The van der Waals surface area contributed by atoms with E-state index < -0.39 is 0 Å². The standard InChI is InChI=1S/C12H20BrNS/c1-3-5-6-11(14-7-4-2)12-8-10(13)9-15-12/h8-9,11,14H,3-7H2,1-2H3. The van der Waals surface area contributed by atoms with Gasteiger partial charge in [-0.3, -0.25) is 0 Å². The van der Waals surface area contributed by atoms with E-state index in [0.29, 0.717) is 6.04 Å². The van der Waals surface area contributed by atoms with Crippen LogP contribution in [0.2, 0.25) is 0 Å². The Balaban J connectivity index is 2.54. The van der Waals surface area contributed by atoms with E-state index in [4.69, 9.17) is 0 Å². The van der Waals surface area contributed by atoms with Crippen LogP contribution < -0.4 is 5.32 Å². The second kappa shape index (κ2) is 7.42. The summed E-state index contributed by atoms with van der Waals surface area (Å²) in [6.07, 6.45) is 5.03. The topological polar surface area (TPSA) is 12.0 Å². The predicted octanol–water partition coefficient (Wildman–Crippen LogP) is 4.74. The van der Waals surface area contributed by atoms with Crippen LogP contribution in [0.4, 0.5) is 0 Å². The Kier molecular flexibility index (Phi) is 6.53. The maximum absolute atomic E-state index is 3.62. The van der Waals surface area contributed by atoms with Crippen LogP contribution in [0, 0.1) is 0 Å². The normalized spacial score (nSPS) is 13.0. The summed E-state index contributed by atoms with van der Waals surface area (Å²) >= 11 is 5.37. The summed E-state index contributed by atoms with van der Waals surface area (Å²) in [6, 6.07) is 2.80. The van der Waals surface area contributed by atoms with Crippen molar-refractivity contribution in [2.45, 2.75) is 45.6 Å². The number of hydrogen-bond acceptors (Lipinski definition) is 2. The lowest BCUT2D eigenvalue weighted by Crippen LogP contribution is -2.21. The number of thiophene rings is 1. The number of unbranched alkanes of at least 4 members (excludes halogenated alkanes) is 1. The Morgan fingerprint density at radius 3 is 2.73 bits per heavy atom.